The van der Waals surface area contributed by atoms with E-state index in [1.54, 1.807) is 16.9 Å². The van der Waals surface area contributed by atoms with Crippen molar-refractivity contribution < 1.29 is 27.5 Å². The fourth-order valence-electron chi connectivity index (χ4n) is 1.97. The van der Waals surface area contributed by atoms with Gasteiger partial charge in [-0.25, -0.2) is 9.52 Å². The Morgan fingerprint density at radius 1 is 1.04 bits per heavy atom. The number of Topliss-reactive ketones (excluding diaryl/α,β-unsaturated/α-hetero) is 1. The Morgan fingerprint density at radius 3 is 2.19 bits per heavy atom. The smallest absolute Gasteiger partial charge is 0.336 e. The van der Waals surface area contributed by atoms with Crippen LogP contribution in [-0.4, -0.2) is 44.4 Å². The number of hydrogen-bond acceptors (Lipinski definition) is 8. The van der Waals surface area contributed by atoms with Gasteiger partial charge >= 0.3 is 16.2 Å². The molecule has 11 nitrogen and oxygen atoms in total. The molecule has 0 saturated heterocycles. The van der Waals surface area contributed by atoms with Gasteiger partial charge in [-0.15, -0.1) is 0 Å². The molecule has 3 N–H and O–H groups in total. The number of aromatic nitrogens is 2. The van der Waals surface area contributed by atoms with Crippen molar-refractivity contribution in [1.29, 1.82) is 0 Å². The number of anilines is 2. The number of nitrogens with one attached hydrogen (secondary N) is 3. The van der Waals surface area contributed by atoms with Gasteiger partial charge in [-0.05, 0) is 19.1 Å². The highest BCUT2D eigenvalue weighted by Crippen LogP contribution is 2.18. The fraction of sp³-hybridized carbons (Fsp3) is 0.200. The molecule has 0 spiro atoms. The topological polar surface area (TPSA) is 149 Å². The summed E-state index contributed by atoms with van der Waals surface area (Å²) in [6, 6.07) is 6.22. The first-order valence-electron chi connectivity index (χ1n) is 7.42. The first-order chi connectivity index (χ1) is 12.7. The molecule has 144 valence electrons. The Labute approximate surface area is 155 Å². The van der Waals surface area contributed by atoms with Gasteiger partial charge in [-0.2, -0.15) is 18.4 Å². The van der Waals surface area contributed by atoms with Crippen LogP contribution in [0.2, 0.25) is 0 Å². The van der Waals surface area contributed by atoms with Gasteiger partial charge in [-0.1, -0.05) is 12.1 Å². The molecule has 1 aromatic carbocycles. The third-order valence-corrected chi connectivity index (χ3v) is 4.04. The zero-order chi connectivity index (χ0) is 20.0. The molecule has 0 aliphatic heterocycles. The van der Waals surface area contributed by atoms with E-state index < -0.39 is 16.2 Å². The molecule has 27 heavy (non-hydrogen) atoms. The summed E-state index contributed by atoms with van der Waals surface area (Å²) >= 11 is 0. The largest absolute Gasteiger partial charge is 0.481 e. The van der Waals surface area contributed by atoms with E-state index in [-0.39, 0.29) is 34.7 Å². The van der Waals surface area contributed by atoms with Crippen LogP contribution in [0.15, 0.2) is 30.3 Å². The Kier molecular flexibility index (Phi) is 6.13. The van der Waals surface area contributed by atoms with E-state index in [1.165, 1.54) is 39.3 Å². The van der Waals surface area contributed by atoms with Crippen LogP contribution in [0.4, 0.5) is 16.4 Å². The van der Waals surface area contributed by atoms with E-state index in [0.29, 0.717) is 0 Å². The summed E-state index contributed by atoms with van der Waals surface area (Å²) in [5.41, 5.74) is 0.189. The zero-order valence-electron chi connectivity index (χ0n) is 14.6. The predicted molar refractivity (Wildman–Crippen MR) is 96.3 cm³/mol. The van der Waals surface area contributed by atoms with Gasteiger partial charge in [0.05, 0.1) is 26.0 Å². The van der Waals surface area contributed by atoms with E-state index in [1.807, 2.05) is 0 Å². The van der Waals surface area contributed by atoms with Crippen LogP contribution in [-0.2, 0) is 10.2 Å². The molecule has 1 aromatic heterocycles. The number of hydrogen-bond donors (Lipinski definition) is 3. The monoisotopic (exact) mass is 395 g/mol. The molecule has 1 heterocycles. The SMILES string of the molecule is COc1cc(OC)nc(NC(=O)NS(=O)(=O)Nc2ccccc2C(C)=O)n1. The van der Waals surface area contributed by atoms with Gasteiger partial charge in [-0.3, -0.25) is 14.8 Å². The number of ketones is 1. The lowest BCUT2D eigenvalue weighted by Gasteiger charge is -2.12. The van der Waals surface area contributed by atoms with Gasteiger partial charge < -0.3 is 9.47 Å². The van der Waals surface area contributed by atoms with E-state index in [4.69, 9.17) is 9.47 Å². The lowest BCUT2D eigenvalue weighted by Crippen LogP contribution is -2.38. The minimum Gasteiger partial charge on any atom is -0.481 e. The summed E-state index contributed by atoms with van der Waals surface area (Å²) in [7, 11) is -1.62. The van der Waals surface area contributed by atoms with Crippen molar-refractivity contribution in [2.24, 2.45) is 0 Å². The third-order valence-electron chi connectivity index (χ3n) is 3.10. The van der Waals surface area contributed by atoms with Gasteiger partial charge in [0.1, 0.15) is 0 Å². The highest BCUT2D eigenvalue weighted by Gasteiger charge is 2.18. The number of rotatable bonds is 7. The second-order valence-electron chi connectivity index (χ2n) is 5.04. The Bertz CT molecular complexity index is 941. The molecule has 2 aromatic rings. The van der Waals surface area contributed by atoms with Gasteiger partial charge in [0, 0.05) is 5.56 Å². The lowest BCUT2D eigenvalue weighted by atomic mass is 10.1. The number of ether oxygens (including phenoxy) is 2. The molecule has 2 amide bonds. The Hall–Kier alpha value is -3.41. The van der Waals surface area contributed by atoms with Crippen LogP contribution in [0.25, 0.3) is 0 Å². The minimum absolute atomic E-state index is 0.0320. The zero-order valence-corrected chi connectivity index (χ0v) is 15.5. The summed E-state index contributed by atoms with van der Waals surface area (Å²) in [6.07, 6.45) is 0. The van der Waals surface area contributed by atoms with E-state index >= 15 is 0 Å². The maximum absolute atomic E-state index is 12.1. The van der Waals surface area contributed by atoms with Crippen LogP contribution in [0.5, 0.6) is 11.8 Å². The quantitative estimate of drug-likeness (QED) is 0.592. The van der Waals surface area contributed by atoms with Crippen LogP contribution in [0, 0.1) is 0 Å². The van der Waals surface area contributed by atoms with Crippen LogP contribution in [0.1, 0.15) is 17.3 Å². The molecule has 2 rings (SSSR count). The van der Waals surface area contributed by atoms with Crippen molar-refractivity contribution in [1.82, 2.24) is 14.7 Å². The first kappa shape index (κ1) is 19.9. The highest BCUT2D eigenvalue weighted by atomic mass is 32.2. The van der Waals surface area contributed by atoms with Crippen LogP contribution in [0.3, 0.4) is 0 Å². The molecular weight excluding hydrogens is 378 g/mol. The number of urea groups is 1. The molecule has 0 fully saturated rings. The number of methoxy groups -OCH3 is 2. The molecule has 0 aliphatic carbocycles. The van der Waals surface area contributed by atoms with Gasteiger partial charge in [0.2, 0.25) is 17.7 Å². The maximum Gasteiger partial charge on any atom is 0.336 e. The minimum atomic E-state index is -4.32. The van der Waals surface area contributed by atoms with E-state index in [9.17, 15) is 18.0 Å². The fourth-order valence-corrected chi connectivity index (χ4v) is 2.78. The van der Waals surface area contributed by atoms with E-state index in [2.05, 4.69) is 20.0 Å². The molecule has 0 saturated carbocycles. The first-order valence-corrected chi connectivity index (χ1v) is 8.91. The van der Waals surface area contributed by atoms with E-state index in [0.717, 1.165) is 0 Å². The normalized spacial score (nSPS) is 10.6. The number of para-hydroxylation sites is 1. The molecule has 12 heteroatoms. The number of carbonyl (C=O) groups excluding carboxylic acids is 2. The van der Waals surface area contributed by atoms with Crippen LogP contribution >= 0.6 is 0 Å². The van der Waals surface area contributed by atoms with Crippen molar-refractivity contribution in [2.45, 2.75) is 6.92 Å². The Morgan fingerprint density at radius 2 is 1.63 bits per heavy atom. The predicted octanol–water partition coefficient (Wildman–Crippen LogP) is 1.17. The highest BCUT2D eigenvalue weighted by molar-refractivity contribution is 7.91. The molecule has 0 unspecified atom stereocenters. The van der Waals surface area contributed by atoms with Crippen LogP contribution < -0.4 is 24.2 Å². The summed E-state index contributed by atoms with van der Waals surface area (Å²) in [5, 5.41) is 2.15. The average Bonchev–Trinajstić information content (AvgIpc) is 2.60. The second kappa shape index (κ2) is 8.31. The second-order valence-corrected chi connectivity index (χ2v) is 6.45. The van der Waals surface area contributed by atoms with Gasteiger partial charge in [0.15, 0.2) is 5.78 Å². The third kappa shape index (κ3) is 5.54. The van der Waals surface area contributed by atoms with Crippen molar-refractivity contribution >= 4 is 33.7 Å². The molecular formula is C15H17N5O6S. The van der Waals surface area contributed by atoms with Crippen molar-refractivity contribution in [2.75, 3.05) is 24.3 Å². The maximum atomic E-state index is 12.1. The molecule has 0 aliphatic rings. The lowest BCUT2D eigenvalue weighted by molar-refractivity contribution is 0.101. The number of carbonyl (C=O) groups is 2. The molecule has 0 atom stereocenters. The summed E-state index contributed by atoms with van der Waals surface area (Å²) in [6.45, 7) is 1.29. The molecule has 0 radical (unpaired) electrons. The summed E-state index contributed by atoms with van der Waals surface area (Å²) < 4.78 is 38.0. The number of benzene rings is 1. The van der Waals surface area contributed by atoms with Crippen molar-refractivity contribution in [3.63, 3.8) is 0 Å². The van der Waals surface area contributed by atoms with Crippen molar-refractivity contribution in [3.05, 3.63) is 35.9 Å². The molecule has 0 bridgehead atoms. The summed E-state index contributed by atoms with van der Waals surface area (Å²) in [5.74, 6) is -0.361. The standard InChI is InChI=1S/C15H17N5O6S/c1-9(21)10-6-4-5-7-11(10)19-27(23,24)20-15(22)18-14-16-12(25-2)8-13(17-14)26-3/h4-8,19H,1-3H3,(H2,16,17,18,20,22). The number of amides is 2. The number of nitrogens with zero attached hydrogens (tertiary/aromatic N) is 2. The summed E-state index contributed by atoms with van der Waals surface area (Å²) in [4.78, 5) is 31.2. The Balaban J connectivity index is 2.12. The van der Waals surface area contributed by atoms with Crippen molar-refractivity contribution in [3.8, 4) is 11.8 Å². The average molecular weight is 395 g/mol. The van der Waals surface area contributed by atoms with Gasteiger partial charge in [0.25, 0.3) is 0 Å².